The van der Waals surface area contributed by atoms with Crippen LogP contribution in [0, 0.1) is 0 Å². The lowest BCUT2D eigenvalue weighted by Crippen LogP contribution is -2.22. The van der Waals surface area contributed by atoms with Crippen molar-refractivity contribution in [2.75, 3.05) is 12.0 Å². The number of aromatic carboxylic acids is 1. The molecule has 0 aliphatic heterocycles. The number of carboxylic acids is 1. The van der Waals surface area contributed by atoms with Crippen LogP contribution in [0.25, 0.3) is 0 Å². The van der Waals surface area contributed by atoms with Crippen molar-refractivity contribution in [2.24, 2.45) is 0 Å². The standard InChI is InChI=1S/C10H13NO4S/c1-16-5-4-9(12)11-6-7-2-3-8(15-7)10(13)14/h2-3H,4-6H2,1H3,(H,11,12)(H,13,14). The van der Waals surface area contributed by atoms with Crippen LogP contribution in [-0.2, 0) is 11.3 Å². The highest BCUT2D eigenvalue weighted by molar-refractivity contribution is 7.98. The van der Waals surface area contributed by atoms with Crippen LogP contribution in [0.15, 0.2) is 16.5 Å². The van der Waals surface area contributed by atoms with E-state index in [1.807, 2.05) is 6.26 Å². The van der Waals surface area contributed by atoms with E-state index in [4.69, 9.17) is 9.52 Å². The molecule has 0 fully saturated rings. The second kappa shape index (κ2) is 6.22. The minimum atomic E-state index is -1.11. The maximum atomic E-state index is 11.2. The highest BCUT2D eigenvalue weighted by Gasteiger charge is 2.09. The number of furan rings is 1. The normalized spacial score (nSPS) is 10.1. The summed E-state index contributed by atoms with van der Waals surface area (Å²) in [6.07, 6.45) is 2.38. The largest absolute Gasteiger partial charge is 0.475 e. The Bertz CT molecular complexity index is 375. The number of carbonyl (C=O) groups excluding carboxylic acids is 1. The first-order valence-corrected chi connectivity index (χ1v) is 6.10. The van der Waals surface area contributed by atoms with E-state index in [2.05, 4.69) is 5.32 Å². The first-order valence-electron chi connectivity index (χ1n) is 4.71. The summed E-state index contributed by atoms with van der Waals surface area (Å²) in [6.45, 7) is 0.223. The van der Waals surface area contributed by atoms with Gasteiger partial charge in [0.05, 0.1) is 6.54 Å². The van der Waals surface area contributed by atoms with Crippen LogP contribution in [-0.4, -0.2) is 29.0 Å². The zero-order valence-corrected chi connectivity index (χ0v) is 9.67. The van der Waals surface area contributed by atoms with Crippen molar-refractivity contribution in [3.8, 4) is 0 Å². The Hall–Kier alpha value is -1.43. The summed E-state index contributed by atoms with van der Waals surface area (Å²) in [5.41, 5.74) is 0. The molecule has 1 aromatic rings. The van der Waals surface area contributed by atoms with Crippen molar-refractivity contribution >= 4 is 23.6 Å². The molecule has 0 radical (unpaired) electrons. The predicted molar refractivity (Wildman–Crippen MR) is 60.5 cm³/mol. The zero-order valence-electron chi connectivity index (χ0n) is 8.86. The molecule has 0 aromatic carbocycles. The van der Waals surface area contributed by atoms with Gasteiger partial charge in [-0.15, -0.1) is 0 Å². The van der Waals surface area contributed by atoms with E-state index in [0.717, 1.165) is 5.75 Å². The molecule has 0 aliphatic carbocycles. The topological polar surface area (TPSA) is 79.5 Å². The lowest BCUT2D eigenvalue weighted by Gasteiger charge is -2.01. The maximum Gasteiger partial charge on any atom is 0.371 e. The fourth-order valence-electron chi connectivity index (χ4n) is 1.06. The average molecular weight is 243 g/mol. The molecule has 0 saturated heterocycles. The van der Waals surface area contributed by atoms with E-state index in [1.165, 1.54) is 12.1 Å². The summed E-state index contributed by atoms with van der Waals surface area (Å²) in [5, 5.41) is 11.3. The molecule has 1 aromatic heterocycles. The Morgan fingerprint density at radius 3 is 2.81 bits per heavy atom. The third-order valence-corrected chi connectivity index (χ3v) is 2.48. The monoisotopic (exact) mass is 243 g/mol. The average Bonchev–Trinajstić information content (AvgIpc) is 2.72. The first kappa shape index (κ1) is 12.6. The molecule has 0 unspecified atom stereocenters. The molecule has 1 amide bonds. The minimum Gasteiger partial charge on any atom is -0.475 e. The molecule has 1 heterocycles. The van der Waals surface area contributed by atoms with Gasteiger partial charge in [-0.05, 0) is 18.4 Å². The predicted octanol–water partition coefficient (Wildman–Crippen LogP) is 1.35. The molecule has 0 atom stereocenters. The molecule has 0 aliphatic rings. The van der Waals surface area contributed by atoms with E-state index < -0.39 is 5.97 Å². The van der Waals surface area contributed by atoms with E-state index in [1.54, 1.807) is 11.8 Å². The second-order valence-electron chi connectivity index (χ2n) is 3.09. The highest BCUT2D eigenvalue weighted by Crippen LogP contribution is 2.07. The summed E-state index contributed by atoms with van der Waals surface area (Å²) in [4.78, 5) is 21.7. The number of carbonyl (C=O) groups is 2. The number of hydrogen-bond donors (Lipinski definition) is 2. The summed E-state index contributed by atoms with van der Waals surface area (Å²) in [7, 11) is 0. The third-order valence-electron chi connectivity index (χ3n) is 1.87. The van der Waals surface area contributed by atoms with Gasteiger partial charge in [0, 0.05) is 12.2 Å². The highest BCUT2D eigenvalue weighted by atomic mass is 32.2. The number of carboxylic acid groups (broad SMARTS) is 1. The zero-order chi connectivity index (χ0) is 12.0. The maximum absolute atomic E-state index is 11.2. The van der Waals surface area contributed by atoms with Gasteiger partial charge in [0.25, 0.3) is 0 Å². The Morgan fingerprint density at radius 2 is 2.25 bits per heavy atom. The van der Waals surface area contributed by atoms with Gasteiger partial charge in [0.1, 0.15) is 5.76 Å². The molecule has 0 spiro atoms. The van der Waals surface area contributed by atoms with E-state index in [9.17, 15) is 9.59 Å². The fourth-order valence-corrected chi connectivity index (χ4v) is 1.45. The van der Waals surface area contributed by atoms with Crippen LogP contribution in [0.3, 0.4) is 0 Å². The van der Waals surface area contributed by atoms with Crippen LogP contribution in [0.2, 0.25) is 0 Å². The van der Waals surface area contributed by atoms with Gasteiger partial charge in [-0.1, -0.05) is 0 Å². The molecule has 0 bridgehead atoms. The Balaban J connectivity index is 2.36. The van der Waals surface area contributed by atoms with Gasteiger partial charge in [0.15, 0.2) is 0 Å². The lowest BCUT2D eigenvalue weighted by atomic mass is 10.4. The van der Waals surface area contributed by atoms with Gasteiger partial charge in [0.2, 0.25) is 11.7 Å². The van der Waals surface area contributed by atoms with Gasteiger partial charge < -0.3 is 14.8 Å². The van der Waals surface area contributed by atoms with Crippen molar-refractivity contribution in [1.82, 2.24) is 5.32 Å². The molecular formula is C10H13NO4S. The molecule has 16 heavy (non-hydrogen) atoms. The Kier molecular flexibility index (Phi) is 4.91. The number of hydrogen-bond acceptors (Lipinski definition) is 4. The first-order chi connectivity index (χ1) is 7.63. The quantitative estimate of drug-likeness (QED) is 0.788. The summed E-state index contributed by atoms with van der Waals surface area (Å²) >= 11 is 1.60. The van der Waals surface area contributed by atoms with Crippen molar-refractivity contribution in [3.05, 3.63) is 23.7 Å². The van der Waals surface area contributed by atoms with Crippen molar-refractivity contribution in [1.29, 1.82) is 0 Å². The van der Waals surface area contributed by atoms with Crippen LogP contribution >= 0.6 is 11.8 Å². The van der Waals surface area contributed by atoms with E-state index in [0.29, 0.717) is 12.2 Å². The summed E-state index contributed by atoms with van der Waals surface area (Å²) < 4.78 is 4.98. The molecule has 1 rings (SSSR count). The third kappa shape index (κ3) is 3.98. The van der Waals surface area contributed by atoms with Crippen LogP contribution in [0.1, 0.15) is 22.7 Å². The van der Waals surface area contributed by atoms with Crippen molar-refractivity contribution in [3.63, 3.8) is 0 Å². The molecule has 2 N–H and O–H groups in total. The number of thioether (sulfide) groups is 1. The number of amides is 1. The van der Waals surface area contributed by atoms with Crippen LogP contribution < -0.4 is 5.32 Å². The lowest BCUT2D eigenvalue weighted by molar-refractivity contribution is -0.120. The van der Waals surface area contributed by atoms with Crippen molar-refractivity contribution in [2.45, 2.75) is 13.0 Å². The Labute approximate surface area is 97.2 Å². The van der Waals surface area contributed by atoms with Gasteiger partial charge in [-0.2, -0.15) is 11.8 Å². The van der Waals surface area contributed by atoms with Crippen LogP contribution in [0.5, 0.6) is 0 Å². The number of nitrogens with one attached hydrogen (secondary N) is 1. The SMILES string of the molecule is CSCCC(=O)NCc1ccc(C(=O)O)o1. The summed E-state index contributed by atoms with van der Waals surface area (Å²) in [6, 6.07) is 2.91. The summed E-state index contributed by atoms with van der Waals surface area (Å²) in [5.74, 6) is -0.0875. The smallest absolute Gasteiger partial charge is 0.371 e. The minimum absolute atomic E-state index is 0.0670. The van der Waals surface area contributed by atoms with Crippen molar-refractivity contribution < 1.29 is 19.1 Å². The molecule has 0 saturated carbocycles. The van der Waals surface area contributed by atoms with E-state index >= 15 is 0 Å². The van der Waals surface area contributed by atoms with Gasteiger partial charge in [-0.25, -0.2) is 4.79 Å². The second-order valence-corrected chi connectivity index (χ2v) is 4.08. The fraction of sp³-hybridized carbons (Fsp3) is 0.400. The van der Waals surface area contributed by atoms with Crippen LogP contribution in [0.4, 0.5) is 0 Å². The molecule has 6 heteroatoms. The molecule has 88 valence electrons. The molecule has 5 nitrogen and oxygen atoms in total. The molecular weight excluding hydrogens is 230 g/mol. The van der Waals surface area contributed by atoms with E-state index in [-0.39, 0.29) is 18.2 Å². The van der Waals surface area contributed by atoms with Gasteiger partial charge >= 0.3 is 5.97 Å². The number of rotatable bonds is 6. The van der Waals surface area contributed by atoms with Gasteiger partial charge in [-0.3, -0.25) is 4.79 Å². The Morgan fingerprint density at radius 1 is 1.50 bits per heavy atom.